The molecular formula is C12H21F3N2O. The van der Waals surface area contributed by atoms with E-state index < -0.39 is 12.1 Å². The molecule has 2 saturated heterocycles. The Hall–Kier alpha value is -0.330. The van der Waals surface area contributed by atoms with Crippen LogP contribution in [0, 0.1) is 5.92 Å². The van der Waals surface area contributed by atoms with Gasteiger partial charge in [-0.25, -0.2) is 0 Å². The van der Waals surface area contributed by atoms with Gasteiger partial charge in [-0.05, 0) is 19.8 Å². The summed E-state index contributed by atoms with van der Waals surface area (Å²) in [5.41, 5.74) is -0.263. The highest BCUT2D eigenvalue weighted by Crippen LogP contribution is 2.30. The minimum absolute atomic E-state index is 0.0254. The van der Waals surface area contributed by atoms with Crippen LogP contribution in [0.4, 0.5) is 13.2 Å². The van der Waals surface area contributed by atoms with E-state index in [9.17, 15) is 13.2 Å². The minimum Gasteiger partial charge on any atom is -0.374 e. The number of hydrogen-bond acceptors (Lipinski definition) is 3. The molecule has 2 fully saturated rings. The number of rotatable bonds is 2. The predicted octanol–water partition coefficient (Wildman–Crippen LogP) is 1.64. The van der Waals surface area contributed by atoms with Gasteiger partial charge in [-0.15, -0.1) is 0 Å². The summed E-state index contributed by atoms with van der Waals surface area (Å²) in [6.07, 6.45) is -2.17. The number of halogens is 3. The maximum atomic E-state index is 12.8. The SMILES string of the molecule is CC1(CN2CCNCC(C(F)(F)F)C2)CCCO1. The third-order valence-electron chi connectivity index (χ3n) is 3.80. The summed E-state index contributed by atoms with van der Waals surface area (Å²) in [5.74, 6) is -1.27. The molecule has 6 heteroatoms. The molecule has 3 nitrogen and oxygen atoms in total. The van der Waals surface area contributed by atoms with Crippen LogP contribution in [0.2, 0.25) is 0 Å². The van der Waals surface area contributed by atoms with Gasteiger partial charge < -0.3 is 10.1 Å². The van der Waals surface area contributed by atoms with E-state index in [0.717, 1.165) is 19.4 Å². The first kappa shape index (κ1) is 14.1. The van der Waals surface area contributed by atoms with Crippen molar-refractivity contribution >= 4 is 0 Å². The first-order valence-corrected chi connectivity index (χ1v) is 6.53. The highest BCUT2D eigenvalue weighted by atomic mass is 19.4. The molecular weight excluding hydrogens is 245 g/mol. The number of hydrogen-bond donors (Lipinski definition) is 1. The Balaban J connectivity index is 1.95. The van der Waals surface area contributed by atoms with Crippen LogP contribution in [-0.2, 0) is 4.74 Å². The zero-order valence-corrected chi connectivity index (χ0v) is 10.7. The second-order valence-corrected chi connectivity index (χ2v) is 5.58. The zero-order valence-electron chi connectivity index (χ0n) is 10.7. The second-order valence-electron chi connectivity index (χ2n) is 5.58. The van der Waals surface area contributed by atoms with Gasteiger partial charge in [-0.2, -0.15) is 13.2 Å². The molecule has 0 amide bonds. The Kier molecular flexibility index (Phi) is 4.18. The molecule has 106 valence electrons. The summed E-state index contributed by atoms with van der Waals surface area (Å²) in [6.45, 7) is 4.70. The van der Waals surface area contributed by atoms with Crippen molar-refractivity contribution < 1.29 is 17.9 Å². The number of nitrogens with zero attached hydrogens (tertiary/aromatic N) is 1. The van der Waals surface area contributed by atoms with E-state index in [-0.39, 0.29) is 18.7 Å². The predicted molar refractivity (Wildman–Crippen MR) is 62.4 cm³/mol. The molecule has 2 rings (SSSR count). The van der Waals surface area contributed by atoms with E-state index >= 15 is 0 Å². The molecule has 2 unspecified atom stereocenters. The topological polar surface area (TPSA) is 24.5 Å². The molecule has 2 aliphatic rings. The fourth-order valence-corrected chi connectivity index (χ4v) is 2.78. The Labute approximate surface area is 106 Å². The summed E-state index contributed by atoms with van der Waals surface area (Å²) in [7, 11) is 0. The molecule has 2 aliphatic heterocycles. The zero-order chi connectivity index (χ0) is 13.2. The van der Waals surface area contributed by atoms with Crippen molar-refractivity contribution in [3.8, 4) is 0 Å². The van der Waals surface area contributed by atoms with Crippen LogP contribution in [0.25, 0.3) is 0 Å². The summed E-state index contributed by atoms with van der Waals surface area (Å²) in [5, 5.41) is 2.87. The molecule has 0 saturated carbocycles. The summed E-state index contributed by atoms with van der Waals surface area (Å²) in [6, 6.07) is 0. The molecule has 0 aromatic carbocycles. The van der Waals surface area contributed by atoms with Crippen LogP contribution in [0.3, 0.4) is 0 Å². The van der Waals surface area contributed by atoms with Crippen molar-refractivity contribution in [3.63, 3.8) is 0 Å². The van der Waals surface area contributed by atoms with E-state index in [4.69, 9.17) is 4.74 Å². The van der Waals surface area contributed by atoms with Crippen molar-refractivity contribution in [1.29, 1.82) is 0 Å². The van der Waals surface area contributed by atoms with Gasteiger partial charge in [0.1, 0.15) is 0 Å². The first-order chi connectivity index (χ1) is 8.39. The molecule has 1 N–H and O–H groups in total. The molecule has 0 aromatic rings. The Bertz CT molecular complexity index is 277. The van der Waals surface area contributed by atoms with Gasteiger partial charge in [0.15, 0.2) is 0 Å². The third kappa shape index (κ3) is 3.59. The summed E-state index contributed by atoms with van der Waals surface area (Å²) in [4.78, 5) is 1.89. The number of nitrogens with one attached hydrogen (secondary N) is 1. The van der Waals surface area contributed by atoms with E-state index in [1.807, 2.05) is 11.8 Å². The van der Waals surface area contributed by atoms with Gasteiger partial charge in [0.2, 0.25) is 0 Å². The lowest BCUT2D eigenvalue weighted by molar-refractivity contribution is -0.177. The van der Waals surface area contributed by atoms with Crippen molar-refractivity contribution in [2.24, 2.45) is 5.92 Å². The lowest BCUT2D eigenvalue weighted by Crippen LogP contribution is -2.45. The lowest BCUT2D eigenvalue weighted by atomic mass is 10.0. The van der Waals surface area contributed by atoms with Gasteiger partial charge in [0, 0.05) is 39.3 Å². The largest absolute Gasteiger partial charge is 0.394 e. The molecule has 2 atom stereocenters. The maximum Gasteiger partial charge on any atom is 0.394 e. The first-order valence-electron chi connectivity index (χ1n) is 6.53. The van der Waals surface area contributed by atoms with E-state index in [0.29, 0.717) is 19.6 Å². The normalized spacial score (nSPS) is 35.7. The second kappa shape index (κ2) is 5.35. The van der Waals surface area contributed by atoms with Crippen molar-refractivity contribution in [2.75, 3.05) is 39.3 Å². The highest BCUT2D eigenvalue weighted by molar-refractivity contribution is 4.87. The molecule has 0 spiro atoms. The third-order valence-corrected chi connectivity index (χ3v) is 3.80. The molecule has 0 aliphatic carbocycles. The van der Waals surface area contributed by atoms with Crippen molar-refractivity contribution in [3.05, 3.63) is 0 Å². The lowest BCUT2D eigenvalue weighted by Gasteiger charge is -2.32. The average Bonchev–Trinajstić information content (AvgIpc) is 2.54. The van der Waals surface area contributed by atoms with Crippen LogP contribution in [-0.4, -0.2) is 56.0 Å². The summed E-state index contributed by atoms with van der Waals surface area (Å²) < 4.78 is 44.1. The van der Waals surface area contributed by atoms with Crippen LogP contribution >= 0.6 is 0 Å². The van der Waals surface area contributed by atoms with E-state index in [2.05, 4.69) is 5.32 Å². The Morgan fingerprint density at radius 1 is 1.44 bits per heavy atom. The van der Waals surface area contributed by atoms with Crippen LogP contribution in [0.15, 0.2) is 0 Å². The molecule has 0 bridgehead atoms. The van der Waals surface area contributed by atoms with E-state index in [1.54, 1.807) is 0 Å². The Morgan fingerprint density at radius 2 is 2.22 bits per heavy atom. The van der Waals surface area contributed by atoms with Crippen molar-refractivity contribution in [1.82, 2.24) is 10.2 Å². The van der Waals surface area contributed by atoms with E-state index in [1.165, 1.54) is 0 Å². The number of ether oxygens (including phenoxy) is 1. The van der Waals surface area contributed by atoms with Crippen LogP contribution in [0.1, 0.15) is 19.8 Å². The highest BCUT2D eigenvalue weighted by Gasteiger charge is 2.42. The molecule has 0 radical (unpaired) electrons. The van der Waals surface area contributed by atoms with Gasteiger partial charge in [0.25, 0.3) is 0 Å². The number of alkyl halides is 3. The van der Waals surface area contributed by atoms with Gasteiger partial charge in [-0.3, -0.25) is 4.90 Å². The molecule has 2 heterocycles. The smallest absolute Gasteiger partial charge is 0.374 e. The van der Waals surface area contributed by atoms with Gasteiger partial charge in [0.05, 0.1) is 11.5 Å². The summed E-state index contributed by atoms with van der Waals surface area (Å²) >= 11 is 0. The van der Waals surface area contributed by atoms with Crippen molar-refractivity contribution in [2.45, 2.75) is 31.5 Å². The van der Waals surface area contributed by atoms with Gasteiger partial charge >= 0.3 is 6.18 Å². The standard InChI is InChI=1S/C12H21F3N2O/c1-11(3-2-6-18-11)9-17-5-4-16-7-10(8-17)12(13,14)15/h10,16H,2-9H2,1H3. The minimum atomic E-state index is -4.12. The fourth-order valence-electron chi connectivity index (χ4n) is 2.78. The molecule has 0 aromatic heterocycles. The monoisotopic (exact) mass is 266 g/mol. The molecule has 18 heavy (non-hydrogen) atoms. The average molecular weight is 266 g/mol. The maximum absolute atomic E-state index is 12.8. The van der Waals surface area contributed by atoms with Crippen LogP contribution in [0.5, 0.6) is 0 Å². The van der Waals surface area contributed by atoms with Crippen LogP contribution < -0.4 is 5.32 Å². The quantitative estimate of drug-likeness (QED) is 0.822. The fraction of sp³-hybridized carbons (Fsp3) is 1.00. The Morgan fingerprint density at radius 3 is 2.83 bits per heavy atom. The van der Waals surface area contributed by atoms with Gasteiger partial charge in [-0.1, -0.05) is 0 Å².